The molecule has 0 radical (unpaired) electrons. The molecule has 2 aromatic carbocycles. The van der Waals surface area contributed by atoms with Crippen LogP contribution in [0.2, 0.25) is 0 Å². The van der Waals surface area contributed by atoms with Gasteiger partial charge in [0.2, 0.25) is 6.29 Å². The van der Waals surface area contributed by atoms with Gasteiger partial charge >= 0.3 is 0 Å². The molecule has 0 spiro atoms. The molecule has 1 aliphatic rings. The molecular formula is C24H27N3O4. The third-order valence-electron chi connectivity index (χ3n) is 5.22. The molecule has 3 N–H and O–H groups in total. The van der Waals surface area contributed by atoms with Crippen LogP contribution in [0, 0.1) is 0 Å². The fraction of sp³-hybridized carbons (Fsp3) is 0.333. The number of aromatic amines is 1. The van der Waals surface area contributed by atoms with E-state index in [4.69, 9.17) is 14.6 Å². The second-order valence-electron chi connectivity index (χ2n) is 7.52. The second kappa shape index (κ2) is 10.2. The number of ether oxygens (including phenoxy) is 2. The first-order chi connectivity index (χ1) is 15.2. The molecule has 0 fully saturated rings. The lowest BCUT2D eigenvalue weighted by Crippen LogP contribution is -2.33. The standard InChI is InChI=1S/C24H27N3O4/c28-12-6-7-13-30-23-15-18(17-8-2-1-3-9-17)14-21(31-23)24(29)25-16-22-26-19-10-4-5-11-20(19)27-22/h1-5,8-11,14,18,23,28H,6-7,12-13,15-16H2,(H,25,29)(H,26,27)/t18-,23+/m0/s1. The van der Waals surface area contributed by atoms with Gasteiger partial charge in [-0.2, -0.15) is 0 Å². The normalized spacial score (nSPS) is 18.4. The van der Waals surface area contributed by atoms with E-state index in [0.29, 0.717) is 25.3 Å². The Morgan fingerprint density at radius 2 is 1.97 bits per heavy atom. The summed E-state index contributed by atoms with van der Waals surface area (Å²) in [4.78, 5) is 20.5. The van der Waals surface area contributed by atoms with Crippen LogP contribution in [0.5, 0.6) is 0 Å². The van der Waals surface area contributed by atoms with Gasteiger partial charge in [-0.05, 0) is 36.6 Å². The number of para-hydroxylation sites is 2. The lowest BCUT2D eigenvalue weighted by atomic mass is 9.93. The number of rotatable bonds is 9. The molecule has 3 aromatic rings. The number of benzene rings is 2. The molecule has 4 rings (SSSR count). The van der Waals surface area contributed by atoms with Crippen molar-refractivity contribution in [2.24, 2.45) is 0 Å². The Morgan fingerprint density at radius 1 is 1.16 bits per heavy atom. The summed E-state index contributed by atoms with van der Waals surface area (Å²) in [6.45, 7) is 0.879. The Balaban J connectivity index is 1.43. The summed E-state index contributed by atoms with van der Waals surface area (Å²) in [5.41, 5.74) is 2.90. The molecule has 2 heterocycles. The van der Waals surface area contributed by atoms with Crippen LogP contribution >= 0.6 is 0 Å². The van der Waals surface area contributed by atoms with E-state index >= 15 is 0 Å². The summed E-state index contributed by atoms with van der Waals surface area (Å²) >= 11 is 0. The number of carbonyl (C=O) groups excluding carboxylic acids is 1. The van der Waals surface area contributed by atoms with Crippen LogP contribution in [0.25, 0.3) is 11.0 Å². The number of H-pyrrole nitrogens is 1. The molecule has 31 heavy (non-hydrogen) atoms. The molecule has 1 amide bonds. The minimum Gasteiger partial charge on any atom is -0.459 e. The fourth-order valence-corrected chi connectivity index (χ4v) is 3.62. The van der Waals surface area contributed by atoms with Crippen molar-refractivity contribution in [3.05, 3.63) is 77.8 Å². The number of unbranched alkanes of at least 4 members (excludes halogenated alkanes) is 1. The number of aromatic nitrogens is 2. The van der Waals surface area contributed by atoms with Crippen molar-refractivity contribution in [2.45, 2.75) is 38.0 Å². The van der Waals surface area contributed by atoms with Gasteiger partial charge in [-0.25, -0.2) is 4.98 Å². The summed E-state index contributed by atoms with van der Waals surface area (Å²) in [5.74, 6) is 0.653. The summed E-state index contributed by atoms with van der Waals surface area (Å²) in [7, 11) is 0. The van der Waals surface area contributed by atoms with Crippen LogP contribution in [0.1, 0.15) is 36.6 Å². The zero-order chi connectivity index (χ0) is 21.5. The van der Waals surface area contributed by atoms with Gasteiger partial charge in [-0.3, -0.25) is 4.79 Å². The first-order valence-electron chi connectivity index (χ1n) is 10.6. The van der Waals surface area contributed by atoms with Crippen molar-refractivity contribution in [2.75, 3.05) is 13.2 Å². The summed E-state index contributed by atoms with van der Waals surface area (Å²) in [6.07, 6.45) is 3.39. The highest BCUT2D eigenvalue weighted by Gasteiger charge is 2.28. The SMILES string of the molecule is O=C(NCc1nc2ccccc2[nH]1)C1=C[C@H](c2ccccc2)C[C@H](OCCCCO)O1. The number of aliphatic hydroxyl groups is 1. The van der Waals surface area contributed by atoms with Crippen LogP contribution in [0.15, 0.2) is 66.4 Å². The van der Waals surface area contributed by atoms with E-state index in [1.807, 2.05) is 60.7 Å². The Labute approximate surface area is 181 Å². The average molecular weight is 421 g/mol. The molecule has 0 saturated heterocycles. The molecule has 162 valence electrons. The zero-order valence-electron chi connectivity index (χ0n) is 17.3. The molecule has 1 aliphatic heterocycles. The first-order valence-corrected chi connectivity index (χ1v) is 10.6. The van der Waals surface area contributed by atoms with Gasteiger partial charge in [0.25, 0.3) is 5.91 Å². The van der Waals surface area contributed by atoms with Crippen LogP contribution in [0.4, 0.5) is 0 Å². The number of nitrogens with one attached hydrogen (secondary N) is 2. The first kappa shape index (κ1) is 21.1. The molecule has 0 aliphatic carbocycles. The van der Waals surface area contributed by atoms with Crippen molar-refractivity contribution in [3.63, 3.8) is 0 Å². The van der Waals surface area contributed by atoms with Gasteiger partial charge in [0.1, 0.15) is 5.82 Å². The van der Waals surface area contributed by atoms with Crippen molar-refractivity contribution in [1.82, 2.24) is 15.3 Å². The van der Waals surface area contributed by atoms with E-state index in [0.717, 1.165) is 23.0 Å². The number of fused-ring (bicyclic) bond motifs is 1. The number of hydrogen-bond acceptors (Lipinski definition) is 5. The minimum absolute atomic E-state index is 0.0183. The summed E-state index contributed by atoms with van der Waals surface area (Å²) in [5, 5.41) is 11.8. The van der Waals surface area contributed by atoms with Crippen molar-refractivity contribution in [3.8, 4) is 0 Å². The summed E-state index contributed by atoms with van der Waals surface area (Å²) < 4.78 is 11.7. The van der Waals surface area contributed by atoms with Crippen molar-refractivity contribution >= 4 is 16.9 Å². The highest BCUT2D eigenvalue weighted by molar-refractivity contribution is 5.91. The number of allylic oxidation sites excluding steroid dienone is 1. The highest BCUT2D eigenvalue weighted by Crippen LogP contribution is 2.31. The smallest absolute Gasteiger partial charge is 0.286 e. The van der Waals surface area contributed by atoms with E-state index in [2.05, 4.69) is 15.3 Å². The lowest BCUT2D eigenvalue weighted by molar-refractivity contribution is -0.146. The monoisotopic (exact) mass is 421 g/mol. The van der Waals surface area contributed by atoms with Crippen molar-refractivity contribution in [1.29, 1.82) is 0 Å². The van der Waals surface area contributed by atoms with Gasteiger partial charge in [0.15, 0.2) is 5.76 Å². The van der Waals surface area contributed by atoms with E-state index in [1.165, 1.54) is 0 Å². The lowest BCUT2D eigenvalue weighted by Gasteiger charge is -2.29. The number of aliphatic hydroxyl groups excluding tert-OH is 1. The largest absolute Gasteiger partial charge is 0.459 e. The number of nitrogens with zero attached hydrogens (tertiary/aromatic N) is 1. The number of imidazole rings is 1. The third-order valence-corrected chi connectivity index (χ3v) is 5.22. The molecule has 1 aromatic heterocycles. The van der Waals surface area contributed by atoms with E-state index in [-0.39, 0.29) is 30.7 Å². The molecule has 7 nitrogen and oxygen atoms in total. The fourth-order valence-electron chi connectivity index (χ4n) is 3.62. The molecule has 0 saturated carbocycles. The topological polar surface area (TPSA) is 96.5 Å². The summed E-state index contributed by atoms with van der Waals surface area (Å²) in [6, 6.07) is 17.8. The van der Waals surface area contributed by atoms with Gasteiger partial charge < -0.3 is 24.9 Å². The zero-order valence-corrected chi connectivity index (χ0v) is 17.3. The molecule has 0 bridgehead atoms. The van der Waals surface area contributed by atoms with Gasteiger partial charge in [-0.15, -0.1) is 0 Å². The number of hydrogen-bond donors (Lipinski definition) is 3. The average Bonchev–Trinajstić information content (AvgIpc) is 3.24. The Kier molecular flexibility index (Phi) is 6.96. The van der Waals surface area contributed by atoms with Gasteiger partial charge in [-0.1, -0.05) is 42.5 Å². The number of amides is 1. The van der Waals surface area contributed by atoms with E-state index < -0.39 is 6.29 Å². The van der Waals surface area contributed by atoms with E-state index in [1.54, 1.807) is 0 Å². The molecular weight excluding hydrogens is 394 g/mol. The van der Waals surface area contributed by atoms with Crippen LogP contribution in [-0.4, -0.2) is 40.5 Å². The minimum atomic E-state index is -0.513. The Morgan fingerprint density at radius 3 is 2.77 bits per heavy atom. The quantitative estimate of drug-likeness (QED) is 0.460. The van der Waals surface area contributed by atoms with Gasteiger partial charge in [0, 0.05) is 18.9 Å². The molecule has 0 unspecified atom stereocenters. The Bertz CT molecular complexity index is 998. The highest BCUT2D eigenvalue weighted by atomic mass is 16.7. The predicted octanol–water partition coefficient (Wildman–Crippen LogP) is 3.38. The maximum Gasteiger partial charge on any atom is 0.286 e. The Hall–Kier alpha value is -3.16. The van der Waals surface area contributed by atoms with Crippen LogP contribution in [0.3, 0.4) is 0 Å². The second-order valence-corrected chi connectivity index (χ2v) is 7.52. The predicted molar refractivity (Wildman–Crippen MR) is 117 cm³/mol. The number of carbonyl (C=O) groups is 1. The van der Waals surface area contributed by atoms with Crippen LogP contribution < -0.4 is 5.32 Å². The third kappa shape index (κ3) is 5.51. The van der Waals surface area contributed by atoms with Gasteiger partial charge in [0.05, 0.1) is 24.2 Å². The maximum absolute atomic E-state index is 12.9. The maximum atomic E-state index is 12.9. The molecule has 7 heteroatoms. The van der Waals surface area contributed by atoms with E-state index in [9.17, 15) is 4.79 Å². The molecule has 2 atom stereocenters. The van der Waals surface area contributed by atoms with Crippen LogP contribution in [-0.2, 0) is 20.8 Å². The van der Waals surface area contributed by atoms with Crippen molar-refractivity contribution < 1.29 is 19.4 Å².